The van der Waals surface area contributed by atoms with Gasteiger partial charge in [0.2, 0.25) is 0 Å². The number of carboxylic acids is 1. The molecular formula is C14H8BrNO4S. The van der Waals surface area contributed by atoms with Gasteiger partial charge in [0, 0.05) is 4.47 Å². The molecule has 0 unspecified atom stereocenters. The van der Waals surface area contributed by atoms with Crippen molar-refractivity contribution in [3.8, 4) is 0 Å². The van der Waals surface area contributed by atoms with Crippen LogP contribution in [0.4, 0.5) is 5.00 Å². The van der Waals surface area contributed by atoms with Crippen LogP contribution in [-0.4, -0.2) is 22.9 Å². The van der Waals surface area contributed by atoms with Gasteiger partial charge in [-0.15, -0.1) is 11.3 Å². The molecule has 1 aliphatic rings. The fourth-order valence-electron chi connectivity index (χ4n) is 2.20. The number of imide groups is 1. The van der Waals surface area contributed by atoms with E-state index in [-0.39, 0.29) is 4.88 Å². The number of carbonyl (C=O) groups is 3. The van der Waals surface area contributed by atoms with Crippen molar-refractivity contribution >= 4 is 50.1 Å². The lowest BCUT2D eigenvalue weighted by atomic mass is 10.1. The normalized spacial score (nSPS) is 13.7. The van der Waals surface area contributed by atoms with Crippen LogP contribution in [0.2, 0.25) is 0 Å². The van der Waals surface area contributed by atoms with E-state index in [4.69, 9.17) is 5.11 Å². The number of carbonyl (C=O) groups excluding carboxylic acids is 2. The van der Waals surface area contributed by atoms with E-state index in [0.717, 1.165) is 16.2 Å². The standard InChI is InChI=1S/C14H8BrNO4S/c1-6-4-10(21-11(6)14(19)20)16-12(17)8-3-2-7(15)5-9(8)13(16)18/h2-5H,1H3,(H,19,20). The van der Waals surface area contributed by atoms with Gasteiger partial charge in [0.15, 0.2) is 0 Å². The van der Waals surface area contributed by atoms with Crippen molar-refractivity contribution in [1.29, 1.82) is 0 Å². The van der Waals surface area contributed by atoms with Gasteiger partial charge in [0.25, 0.3) is 11.8 Å². The molecule has 3 rings (SSSR count). The molecule has 0 spiro atoms. The minimum atomic E-state index is -1.07. The van der Waals surface area contributed by atoms with Crippen LogP contribution in [0.1, 0.15) is 36.0 Å². The van der Waals surface area contributed by atoms with Gasteiger partial charge in [-0.25, -0.2) is 9.69 Å². The first-order valence-corrected chi connectivity index (χ1v) is 7.53. The number of fused-ring (bicyclic) bond motifs is 1. The van der Waals surface area contributed by atoms with Crippen molar-refractivity contribution < 1.29 is 19.5 Å². The number of benzene rings is 1. The molecule has 0 fully saturated rings. The summed E-state index contributed by atoms with van der Waals surface area (Å²) in [6.07, 6.45) is 0. The van der Waals surface area contributed by atoms with E-state index in [1.807, 2.05) is 0 Å². The lowest BCUT2D eigenvalue weighted by Gasteiger charge is -2.10. The van der Waals surface area contributed by atoms with E-state index < -0.39 is 17.8 Å². The SMILES string of the molecule is Cc1cc(N2C(=O)c3ccc(Br)cc3C2=O)sc1C(=O)O. The fourth-order valence-corrected chi connectivity index (χ4v) is 3.57. The van der Waals surface area contributed by atoms with Crippen molar-refractivity contribution in [2.24, 2.45) is 0 Å². The number of nitrogens with zero attached hydrogens (tertiary/aromatic N) is 1. The van der Waals surface area contributed by atoms with Gasteiger partial charge in [-0.2, -0.15) is 0 Å². The second kappa shape index (κ2) is 4.78. The molecule has 0 saturated heterocycles. The first-order valence-electron chi connectivity index (χ1n) is 5.92. The lowest BCUT2D eigenvalue weighted by Crippen LogP contribution is -2.28. The number of amides is 2. The van der Waals surface area contributed by atoms with Crippen LogP contribution in [0.3, 0.4) is 0 Å². The number of hydrogen-bond acceptors (Lipinski definition) is 4. The topological polar surface area (TPSA) is 74.7 Å². The molecule has 106 valence electrons. The largest absolute Gasteiger partial charge is 0.477 e. The molecule has 21 heavy (non-hydrogen) atoms. The van der Waals surface area contributed by atoms with Gasteiger partial charge in [-0.3, -0.25) is 9.59 Å². The van der Waals surface area contributed by atoms with Crippen LogP contribution >= 0.6 is 27.3 Å². The Morgan fingerprint density at radius 3 is 2.48 bits per heavy atom. The molecule has 2 aromatic rings. The lowest BCUT2D eigenvalue weighted by molar-refractivity contribution is 0.0700. The molecule has 2 heterocycles. The summed E-state index contributed by atoms with van der Waals surface area (Å²) in [5, 5.41) is 9.41. The predicted molar refractivity (Wildman–Crippen MR) is 81.3 cm³/mol. The number of aryl methyl sites for hydroxylation is 1. The van der Waals surface area contributed by atoms with Gasteiger partial charge in [0.1, 0.15) is 9.88 Å². The van der Waals surface area contributed by atoms with Crippen molar-refractivity contribution in [3.63, 3.8) is 0 Å². The molecule has 5 nitrogen and oxygen atoms in total. The van der Waals surface area contributed by atoms with Gasteiger partial charge in [-0.05, 0) is 36.8 Å². The maximum atomic E-state index is 12.4. The second-order valence-electron chi connectivity index (χ2n) is 4.54. The Morgan fingerprint density at radius 1 is 1.19 bits per heavy atom. The Morgan fingerprint density at radius 2 is 1.86 bits per heavy atom. The summed E-state index contributed by atoms with van der Waals surface area (Å²) in [6.45, 7) is 1.64. The summed E-state index contributed by atoms with van der Waals surface area (Å²) in [5.41, 5.74) is 1.17. The van der Waals surface area contributed by atoms with Crippen LogP contribution in [-0.2, 0) is 0 Å². The summed E-state index contributed by atoms with van der Waals surface area (Å²) in [7, 11) is 0. The molecule has 0 radical (unpaired) electrons. The Labute approximate surface area is 131 Å². The Kier molecular flexibility index (Phi) is 3.18. The molecule has 0 aliphatic carbocycles. The molecule has 1 aromatic carbocycles. The zero-order valence-corrected chi connectivity index (χ0v) is 13.1. The molecule has 1 aliphatic heterocycles. The van der Waals surface area contributed by atoms with Gasteiger partial charge in [0.05, 0.1) is 11.1 Å². The third kappa shape index (κ3) is 2.09. The Hall–Kier alpha value is -1.99. The number of halogens is 1. The van der Waals surface area contributed by atoms with Gasteiger partial charge < -0.3 is 5.11 Å². The van der Waals surface area contributed by atoms with Gasteiger partial charge in [-0.1, -0.05) is 15.9 Å². The number of rotatable bonds is 2. The number of hydrogen-bond donors (Lipinski definition) is 1. The summed E-state index contributed by atoms with van der Waals surface area (Å²) in [5.74, 6) is -1.93. The number of anilines is 1. The number of aromatic carboxylic acids is 1. The third-order valence-electron chi connectivity index (χ3n) is 3.17. The van der Waals surface area contributed by atoms with Crippen molar-refractivity contribution in [2.45, 2.75) is 6.92 Å². The second-order valence-corrected chi connectivity index (χ2v) is 6.48. The highest BCUT2D eigenvalue weighted by molar-refractivity contribution is 9.10. The highest BCUT2D eigenvalue weighted by Crippen LogP contribution is 2.36. The van der Waals surface area contributed by atoms with E-state index in [9.17, 15) is 14.4 Å². The fraction of sp³-hybridized carbons (Fsp3) is 0.0714. The molecule has 0 atom stereocenters. The molecule has 7 heteroatoms. The van der Waals surface area contributed by atoms with E-state index >= 15 is 0 Å². The van der Waals surface area contributed by atoms with Crippen LogP contribution in [0.25, 0.3) is 0 Å². The highest BCUT2D eigenvalue weighted by Gasteiger charge is 2.38. The maximum Gasteiger partial charge on any atom is 0.346 e. The number of thiophene rings is 1. The quantitative estimate of drug-likeness (QED) is 0.828. The first kappa shape index (κ1) is 14.0. The minimum Gasteiger partial charge on any atom is -0.477 e. The molecular weight excluding hydrogens is 358 g/mol. The summed E-state index contributed by atoms with van der Waals surface area (Å²) in [4.78, 5) is 37.0. The maximum absolute atomic E-state index is 12.4. The van der Waals surface area contributed by atoms with Crippen LogP contribution < -0.4 is 4.90 Å². The van der Waals surface area contributed by atoms with E-state index in [0.29, 0.717) is 26.2 Å². The smallest absolute Gasteiger partial charge is 0.346 e. The van der Waals surface area contributed by atoms with Crippen LogP contribution in [0, 0.1) is 6.92 Å². The van der Waals surface area contributed by atoms with E-state index in [1.54, 1.807) is 31.2 Å². The summed E-state index contributed by atoms with van der Waals surface area (Å²) < 4.78 is 0.706. The highest BCUT2D eigenvalue weighted by atomic mass is 79.9. The zero-order valence-electron chi connectivity index (χ0n) is 10.7. The van der Waals surface area contributed by atoms with Crippen LogP contribution in [0.5, 0.6) is 0 Å². The van der Waals surface area contributed by atoms with E-state index in [1.165, 1.54) is 0 Å². The minimum absolute atomic E-state index is 0.128. The zero-order chi connectivity index (χ0) is 15.3. The third-order valence-corrected chi connectivity index (χ3v) is 4.87. The summed E-state index contributed by atoms with van der Waals surface area (Å²) >= 11 is 4.19. The van der Waals surface area contributed by atoms with Crippen molar-refractivity contribution in [1.82, 2.24) is 0 Å². The molecule has 2 amide bonds. The molecule has 1 N–H and O–H groups in total. The van der Waals surface area contributed by atoms with E-state index in [2.05, 4.69) is 15.9 Å². The Bertz CT molecular complexity index is 811. The van der Waals surface area contributed by atoms with Crippen molar-refractivity contribution in [3.05, 3.63) is 50.3 Å². The number of carboxylic acid groups (broad SMARTS) is 1. The molecule has 0 saturated carbocycles. The van der Waals surface area contributed by atoms with Crippen molar-refractivity contribution in [2.75, 3.05) is 4.90 Å². The molecule has 1 aromatic heterocycles. The summed E-state index contributed by atoms with van der Waals surface area (Å²) in [6, 6.07) is 6.41. The predicted octanol–water partition coefficient (Wildman–Crippen LogP) is 3.32. The van der Waals surface area contributed by atoms with Crippen LogP contribution in [0.15, 0.2) is 28.7 Å². The average Bonchev–Trinajstić information content (AvgIpc) is 2.90. The average molecular weight is 366 g/mol. The van der Waals surface area contributed by atoms with Gasteiger partial charge >= 0.3 is 5.97 Å². The Balaban J connectivity index is 2.10. The first-order chi connectivity index (χ1) is 9.90. The monoisotopic (exact) mass is 365 g/mol. The molecule has 0 bridgehead atoms.